The number of aromatic nitrogens is 3. The van der Waals surface area contributed by atoms with E-state index >= 15 is 0 Å². The lowest BCUT2D eigenvalue weighted by molar-refractivity contribution is -0.134. The summed E-state index contributed by atoms with van der Waals surface area (Å²) in [5.41, 5.74) is 0.972. The lowest BCUT2D eigenvalue weighted by Gasteiger charge is -2.39. The number of halogens is 1. The van der Waals surface area contributed by atoms with E-state index in [0.717, 1.165) is 35.9 Å². The summed E-state index contributed by atoms with van der Waals surface area (Å²) in [5, 5.41) is 10.1. The molecule has 0 saturated carbocycles. The third-order valence-electron chi connectivity index (χ3n) is 4.94. The van der Waals surface area contributed by atoms with Crippen LogP contribution in [-0.2, 0) is 11.3 Å². The van der Waals surface area contributed by atoms with Crippen molar-refractivity contribution in [1.29, 1.82) is 0 Å². The molecule has 0 radical (unpaired) electrons. The van der Waals surface area contributed by atoms with Crippen LogP contribution in [0.1, 0.15) is 40.0 Å². The number of amides is 1. The highest BCUT2D eigenvalue weighted by atomic mass is 35.5. The summed E-state index contributed by atoms with van der Waals surface area (Å²) in [7, 11) is 0. The second-order valence-electron chi connectivity index (χ2n) is 6.78. The minimum Gasteiger partial charge on any atom is -0.337 e. The minimum absolute atomic E-state index is 0.188. The zero-order chi connectivity index (χ0) is 18.7. The molecule has 0 N–H and O–H groups in total. The van der Waals surface area contributed by atoms with Crippen molar-refractivity contribution in [2.45, 2.75) is 63.8 Å². The fourth-order valence-corrected chi connectivity index (χ4v) is 4.60. The summed E-state index contributed by atoms with van der Waals surface area (Å²) in [6.45, 7) is 7.10. The molecule has 1 aromatic heterocycles. The number of thioether (sulfide) groups is 1. The Kier molecular flexibility index (Phi) is 6.24. The zero-order valence-corrected chi connectivity index (χ0v) is 17.1. The molecular formula is C19H25ClN4OS. The van der Waals surface area contributed by atoms with Crippen LogP contribution in [0.4, 0.5) is 0 Å². The van der Waals surface area contributed by atoms with Crippen molar-refractivity contribution in [1.82, 2.24) is 19.7 Å². The number of piperidine rings is 1. The fourth-order valence-electron chi connectivity index (χ4n) is 3.61. The van der Waals surface area contributed by atoms with Crippen LogP contribution in [0.25, 0.3) is 11.4 Å². The number of carbonyl (C=O) groups is 1. The molecule has 0 bridgehead atoms. The van der Waals surface area contributed by atoms with Crippen molar-refractivity contribution in [3.63, 3.8) is 0 Å². The number of rotatable bonds is 5. The maximum Gasteiger partial charge on any atom is 0.233 e. The molecule has 1 aromatic carbocycles. The Morgan fingerprint density at radius 1 is 1.19 bits per heavy atom. The molecular weight excluding hydrogens is 368 g/mol. The summed E-state index contributed by atoms with van der Waals surface area (Å²) in [4.78, 5) is 14.8. The molecule has 0 spiro atoms. The molecule has 2 heterocycles. The van der Waals surface area contributed by atoms with Crippen molar-refractivity contribution in [3.8, 4) is 11.4 Å². The molecule has 0 aliphatic carbocycles. The van der Waals surface area contributed by atoms with Crippen LogP contribution in [0, 0.1) is 0 Å². The van der Waals surface area contributed by atoms with E-state index in [1.165, 1.54) is 18.2 Å². The van der Waals surface area contributed by atoms with Crippen LogP contribution in [0.3, 0.4) is 0 Å². The van der Waals surface area contributed by atoms with E-state index in [4.69, 9.17) is 11.6 Å². The van der Waals surface area contributed by atoms with Crippen molar-refractivity contribution in [3.05, 3.63) is 29.3 Å². The third-order valence-corrected chi connectivity index (χ3v) is 6.15. The maximum atomic E-state index is 12.7. The van der Waals surface area contributed by atoms with Crippen molar-refractivity contribution >= 4 is 29.3 Å². The van der Waals surface area contributed by atoms with Crippen LogP contribution in [0.15, 0.2) is 29.4 Å². The van der Waals surface area contributed by atoms with Gasteiger partial charge < -0.3 is 9.47 Å². The van der Waals surface area contributed by atoms with Gasteiger partial charge in [0.05, 0.1) is 5.75 Å². The number of nitrogens with zero attached hydrogens (tertiary/aromatic N) is 4. The Labute approximate surface area is 164 Å². The summed E-state index contributed by atoms with van der Waals surface area (Å²) < 4.78 is 2.05. The monoisotopic (exact) mass is 392 g/mol. The number of benzene rings is 1. The molecule has 1 amide bonds. The first-order chi connectivity index (χ1) is 12.5. The van der Waals surface area contributed by atoms with E-state index in [1.54, 1.807) is 0 Å². The van der Waals surface area contributed by atoms with Gasteiger partial charge in [-0.2, -0.15) is 0 Å². The van der Waals surface area contributed by atoms with E-state index in [9.17, 15) is 4.79 Å². The number of likely N-dealkylation sites (tertiary alicyclic amines) is 1. The number of hydrogen-bond donors (Lipinski definition) is 0. The van der Waals surface area contributed by atoms with E-state index in [0.29, 0.717) is 22.9 Å². The van der Waals surface area contributed by atoms with Gasteiger partial charge in [-0.1, -0.05) is 23.4 Å². The van der Waals surface area contributed by atoms with Gasteiger partial charge in [0.25, 0.3) is 0 Å². The van der Waals surface area contributed by atoms with Crippen molar-refractivity contribution < 1.29 is 4.79 Å². The predicted molar refractivity (Wildman–Crippen MR) is 106 cm³/mol. The summed E-state index contributed by atoms with van der Waals surface area (Å²) in [5.74, 6) is 1.39. The standard InChI is InChI=1S/C19H25ClN4OS/c1-4-23-18(15-8-10-16(20)11-9-15)21-22-19(23)26-12-17(25)24-13(2)6-5-7-14(24)3/h8-11,13-14H,4-7,12H2,1-3H3. The van der Waals surface area contributed by atoms with Crippen LogP contribution in [0.2, 0.25) is 5.02 Å². The Morgan fingerprint density at radius 3 is 2.46 bits per heavy atom. The van der Waals surface area contributed by atoms with Crippen LogP contribution in [-0.4, -0.2) is 43.4 Å². The zero-order valence-electron chi connectivity index (χ0n) is 15.5. The van der Waals surface area contributed by atoms with Crippen molar-refractivity contribution in [2.75, 3.05) is 5.75 Å². The highest BCUT2D eigenvalue weighted by Gasteiger charge is 2.29. The van der Waals surface area contributed by atoms with Crippen LogP contribution in [0.5, 0.6) is 0 Å². The average molecular weight is 393 g/mol. The van der Waals surface area contributed by atoms with E-state index in [1.807, 2.05) is 33.7 Å². The van der Waals surface area contributed by atoms with Gasteiger partial charge in [0.1, 0.15) is 0 Å². The third kappa shape index (κ3) is 4.07. The molecule has 2 unspecified atom stereocenters. The lowest BCUT2D eigenvalue weighted by atomic mass is 9.98. The minimum atomic E-state index is 0.188. The Hall–Kier alpha value is -1.53. The molecule has 3 rings (SSSR count). The molecule has 1 saturated heterocycles. The average Bonchev–Trinajstić information content (AvgIpc) is 3.03. The maximum absolute atomic E-state index is 12.7. The van der Waals surface area contributed by atoms with Gasteiger partial charge in [0.2, 0.25) is 5.91 Å². The molecule has 1 fully saturated rings. The highest BCUT2D eigenvalue weighted by molar-refractivity contribution is 7.99. The second-order valence-corrected chi connectivity index (χ2v) is 8.15. The molecule has 26 heavy (non-hydrogen) atoms. The normalized spacial score (nSPS) is 20.4. The Morgan fingerprint density at radius 2 is 1.85 bits per heavy atom. The van der Waals surface area contributed by atoms with Gasteiger partial charge in [0, 0.05) is 29.2 Å². The van der Waals surface area contributed by atoms with Gasteiger partial charge in [-0.3, -0.25) is 4.79 Å². The molecule has 2 atom stereocenters. The molecule has 140 valence electrons. The first-order valence-electron chi connectivity index (χ1n) is 9.14. The highest BCUT2D eigenvalue weighted by Crippen LogP contribution is 2.27. The summed E-state index contributed by atoms with van der Waals surface area (Å²) in [6.07, 6.45) is 3.38. The van der Waals surface area contributed by atoms with Crippen LogP contribution >= 0.6 is 23.4 Å². The van der Waals surface area contributed by atoms with Gasteiger partial charge >= 0.3 is 0 Å². The molecule has 2 aromatic rings. The van der Waals surface area contributed by atoms with E-state index in [2.05, 4.69) is 31.0 Å². The summed E-state index contributed by atoms with van der Waals surface area (Å²) in [6, 6.07) is 8.22. The second kappa shape index (κ2) is 8.44. The van der Waals surface area contributed by atoms with Gasteiger partial charge in [0.15, 0.2) is 11.0 Å². The largest absolute Gasteiger partial charge is 0.337 e. The first-order valence-corrected chi connectivity index (χ1v) is 10.5. The van der Waals surface area contributed by atoms with Crippen LogP contribution < -0.4 is 0 Å². The van der Waals surface area contributed by atoms with Gasteiger partial charge in [-0.25, -0.2) is 0 Å². The molecule has 5 nitrogen and oxygen atoms in total. The molecule has 1 aliphatic rings. The SMILES string of the molecule is CCn1c(SCC(=O)N2C(C)CCCC2C)nnc1-c1ccc(Cl)cc1. The quantitative estimate of drug-likeness (QED) is 0.703. The molecule has 1 aliphatic heterocycles. The molecule has 7 heteroatoms. The smallest absolute Gasteiger partial charge is 0.233 e. The summed E-state index contributed by atoms with van der Waals surface area (Å²) >= 11 is 7.44. The van der Waals surface area contributed by atoms with Gasteiger partial charge in [-0.05, 0) is 64.3 Å². The number of hydrogen-bond acceptors (Lipinski definition) is 4. The topological polar surface area (TPSA) is 51.0 Å². The first kappa shape index (κ1) is 19.2. The van der Waals surface area contributed by atoms with Gasteiger partial charge in [-0.15, -0.1) is 10.2 Å². The van der Waals surface area contributed by atoms with E-state index < -0.39 is 0 Å². The lowest BCUT2D eigenvalue weighted by Crippen LogP contribution is -2.48. The Bertz CT molecular complexity index is 751. The van der Waals surface area contributed by atoms with Crippen molar-refractivity contribution in [2.24, 2.45) is 0 Å². The number of carbonyl (C=O) groups excluding carboxylic acids is 1. The van der Waals surface area contributed by atoms with E-state index in [-0.39, 0.29) is 5.91 Å². The fraction of sp³-hybridized carbons (Fsp3) is 0.526. The predicted octanol–water partition coefficient (Wildman–Crippen LogP) is 4.50. The Balaban J connectivity index is 1.72.